The van der Waals surface area contributed by atoms with Crippen LogP contribution < -0.4 is 20.9 Å². The van der Waals surface area contributed by atoms with E-state index in [-0.39, 0.29) is 11.5 Å². The number of hydrogen-bond donors (Lipinski definition) is 3. The Kier molecular flexibility index (Phi) is 8.13. The summed E-state index contributed by atoms with van der Waals surface area (Å²) in [6.07, 6.45) is -0.855. The van der Waals surface area contributed by atoms with E-state index in [4.69, 9.17) is 4.74 Å². The molecule has 0 saturated carbocycles. The Bertz CT molecular complexity index is 944. The molecule has 0 aromatic heterocycles. The number of carbonyl (C=O) groups is 3. The van der Waals surface area contributed by atoms with Gasteiger partial charge in [0.1, 0.15) is 17.6 Å². The van der Waals surface area contributed by atoms with Crippen LogP contribution in [0.4, 0.5) is 4.39 Å². The van der Waals surface area contributed by atoms with E-state index in [1.165, 1.54) is 12.1 Å². The Morgan fingerprint density at radius 3 is 2.13 bits per heavy atom. The van der Waals surface area contributed by atoms with E-state index >= 15 is 0 Å². The molecule has 7 nitrogen and oxygen atoms in total. The molecule has 2 atom stereocenters. The topological polar surface area (TPSA) is 96.5 Å². The SMILES string of the molecule is Cc1cccc(OC(C)C(=O)NNC(=O)C(NC(=O)c2ccc(F)cc2)C(C)C)c1C. The Morgan fingerprint density at radius 1 is 0.903 bits per heavy atom. The maximum Gasteiger partial charge on any atom is 0.279 e. The van der Waals surface area contributed by atoms with Crippen LogP contribution in [0.2, 0.25) is 0 Å². The molecular weight excluding hydrogens is 401 g/mol. The maximum atomic E-state index is 13.0. The van der Waals surface area contributed by atoms with Crippen LogP contribution in [0.3, 0.4) is 0 Å². The number of benzene rings is 2. The molecule has 8 heteroatoms. The largest absolute Gasteiger partial charge is 0.481 e. The van der Waals surface area contributed by atoms with Gasteiger partial charge in [-0.2, -0.15) is 0 Å². The van der Waals surface area contributed by atoms with Gasteiger partial charge in [-0.25, -0.2) is 4.39 Å². The molecule has 2 aromatic rings. The average Bonchev–Trinajstić information content (AvgIpc) is 2.73. The van der Waals surface area contributed by atoms with Crippen LogP contribution in [0.25, 0.3) is 0 Å². The first-order chi connectivity index (χ1) is 14.6. The Hall–Kier alpha value is -3.42. The number of hydrazine groups is 1. The van der Waals surface area contributed by atoms with E-state index in [0.717, 1.165) is 23.3 Å². The van der Waals surface area contributed by atoms with E-state index in [2.05, 4.69) is 16.2 Å². The summed E-state index contributed by atoms with van der Waals surface area (Å²) in [6, 6.07) is 9.62. The minimum atomic E-state index is -0.909. The van der Waals surface area contributed by atoms with Crippen LogP contribution in [0.5, 0.6) is 5.75 Å². The van der Waals surface area contributed by atoms with Crippen LogP contribution in [0, 0.1) is 25.6 Å². The van der Waals surface area contributed by atoms with Crippen molar-refractivity contribution in [1.29, 1.82) is 0 Å². The molecule has 3 N–H and O–H groups in total. The average molecular weight is 429 g/mol. The third kappa shape index (κ3) is 6.53. The number of aryl methyl sites for hydroxylation is 1. The zero-order valence-corrected chi connectivity index (χ0v) is 18.3. The molecule has 0 spiro atoms. The predicted octanol–water partition coefficient (Wildman–Crippen LogP) is 2.81. The van der Waals surface area contributed by atoms with Gasteiger partial charge in [0, 0.05) is 5.56 Å². The highest BCUT2D eigenvalue weighted by Gasteiger charge is 2.26. The lowest BCUT2D eigenvalue weighted by atomic mass is 10.0. The van der Waals surface area contributed by atoms with Crippen molar-refractivity contribution in [2.75, 3.05) is 0 Å². The molecule has 3 amide bonds. The monoisotopic (exact) mass is 429 g/mol. The number of hydrogen-bond acceptors (Lipinski definition) is 4. The molecule has 0 fully saturated rings. The first-order valence-corrected chi connectivity index (χ1v) is 9.99. The Balaban J connectivity index is 1.94. The van der Waals surface area contributed by atoms with E-state index in [1.807, 2.05) is 26.0 Å². The number of ether oxygens (including phenoxy) is 1. The molecule has 0 bridgehead atoms. The van der Waals surface area contributed by atoms with E-state index < -0.39 is 35.7 Å². The summed E-state index contributed by atoms with van der Waals surface area (Å²) in [5.74, 6) is -1.79. The van der Waals surface area contributed by atoms with Crippen molar-refractivity contribution < 1.29 is 23.5 Å². The second-order valence-electron chi connectivity index (χ2n) is 7.64. The molecule has 2 rings (SSSR count). The van der Waals surface area contributed by atoms with Crippen LogP contribution in [-0.2, 0) is 9.59 Å². The normalized spacial score (nSPS) is 12.6. The van der Waals surface area contributed by atoms with Crippen molar-refractivity contribution in [2.45, 2.75) is 46.8 Å². The second-order valence-corrected chi connectivity index (χ2v) is 7.64. The van der Waals surface area contributed by atoms with Crippen molar-refractivity contribution in [3.05, 3.63) is 65.0 Å². The van der Waals surface area contributed by atoms with Gasteiger partial charge in [-0.1, -0.05) is 26.0 Å². The standard InChI is InChI=1S/C23H28FN3O4/c1-13(2)20(25-22(29)17-9-11-18(24)12-10-17)23(30)27-26-21(28)16(5)31-19-8-6-7-14(3)15(19)4/h6-13,16,20H,1-5H3,(H,25,29)(H,26,28)(H,27,30). The fourth-order valence-electron chi connectivity index (χ4n) is 2.76. The number of amides is 3. The zero-order valence-electron chi connectivity index (χ0n) is 18.3. The summed E-state index contributed by atoms with van der Waals surface area (Å²) >= 11 is 0. The highest BCUT2D eigenvalue weighted by Crippen LogP contribution is 2.21. The van der Waals surface area contributed by atoms with Crippen molar-refractivity contribution in [3.63, 3.8) is 0 Å². The smallest absolute Gasteiger partial charge is 0.279 e. The molecular formula is C23H28FN3O4. The molecule has 0 aliphatic rings. The first-order valence-electron chi connectivity index (χ1n) is 9.99. The minimum absolute atomic E-state index is 0.222. The van der Waals surface area contributed by atoms with Crippen LogP contribution in [0.15, 0.2) is 42.5 Å². The lowest BCUT2D eigenvalue weighted by molar-refractivity contribution is -0.133. The fraction of sp³-hybridized carbons (Fsp3) is 0.348. The van der Waals surface area contributed by atoms with Gasteiger partial charge in [-0.15, -0.1) is 0 Å². The Morgan fingerprint density at radius 2 is 1.52 bits per heavy atom. The van der Waals surface area contributed by atoms with Crippen molar-refractivity contribution in [2.24, 2.45) is 5.92 Å². The number of nitrogens with one attached hydrogen (secondary N) is 3. The lowest BCUT2D eigenvalue weighted by Gasteiger charge is -2.23. The Labute approximate surface area is 181 Å². The first kappa shape index (κ1) is 23.9. The molecule has 0 aliphatic carbocycles. The molecule has 0 heterocycles. The summed E-state index contributed by atoms with van der Waals surface area (Å²) in [4.78, 5) is 37.3. The third-order valence-electron chi connectivity index (χ3n) is 4.88. The molecule has 0 aliphatic heterocycles. The molecule has 0 radical (unpaired) electrons. The number of halogens is 1. The van der Waals surface area contributed by atoms with Crippen LogP contribution >= 0.6 is 0 Å². The van der Waals surface area contributed by atoms with Gasteiger partial charge in [0.05, 0.1) is 0 Å². The zero-order chi connectivity index (χ0) is 23.1. The van der Waals surface area contributed by atoms with Gasteiger partial charge in [-0.3, -0.25) is 25.2 Å². The van der Waals surface area contributed by atoms with Gasteiger partial charge in [0.15, 0.2) is 6.10 Å². The molecule has 2 unspecified atom stereocenters. The fourth-order valence-corrected chi connectivity index (χ4v) is 2.76. The lowest BCUT2D eigenvalue weighted by Crippen LogP contribution is -2.56. The van der Waals surface area contributed by atoms with E-state index in [9.17, 15) is 18.8 Å². The number of rotatable bonds is 7. The van der Waals surface area contributed by atoms with Gasteiger partial charge in [0.2, 0.25) is 0 Å². The summed E-state index contributed by atoms with van der Waals surface area (Å²) in [7, 11) is 0. The van der Waals surface area contributed by atoms with Crippen LogP contribution in [0.1, 0.15) is 42.3 Å². The highest BCUT2D eigenvalue weighted by atomic mass is 19.1. The minimum Gasteiger partial charge on any atom is -0.481 e. The van der Waals surface area contributed by atoms with Gasteiger partial charge in [0.25, 0.3) is 17.7 Å². The van der Waals surface area contributed by atoms with Gasteiger partial charge < -0.3 is 10.1 Å². The second kappa shape index (κ2) is 10.6. The summed E-state index contributed by atoms with van der Waals surface area (Å²) in [6.45, 7) is 8.92. The van der Waals surface area contributed by atoms with Crippen molar-refractivity contribution >= 4 is 17.7 Å². The quantitative estimate of drug-likeness (QED) is 0.590. The third-order valence-corrected chi connectivity index (χ3v) is 4.88. The summed E-state index contributed by atoms with van der Waals surface area (Å²) in [5, 5.41) is 2.60. The summed E-state index contributed by atoms with van der Waals surface area (Å²) in [5.41, 5.74) is 6.84. The molecule has 0 saturated heterocycles. The van der Waals surface area contributed by atoms with E-state index in [1.54, 1.807) is 26.8 Å². The molecule has 2 aromatic carbocycles. The predicted molar refractivity (Wildman–Crippen MR) is 115 cm³/mol. The van der Waals surface area contributed by atoms with Crippen LogP contribution in [-0.4, -0.2) is 29.9 Å². The molecule has 31 heavy (non-hydrogen) atoms. The van der Waals surface area contributed by atoms with Gasteiger partial charge in [-0.05, 0) is 68.1 Å². The van der Waals surface area contributed by atoms with Crippen molar-refractivity contribution in [3.8, 4) is 5.75 Å². The molecule has 166 valence electrons. The van der Waals surface area contributed by atoms with E-state index in [0.29, 0.717) is 5.75 Å². The van der Waals surface area contributed by atoms with Crippen molar-refractivity contribution in [1.82, 2.24) is 16.2 Å². The van der Waals surface area contributed by atoms with Gasteiger partial charge >= 0.3 is 0 Å². The summed E-state index contributed by atoms with van der Waals surface area (Å²) < 4.78 is 18.7. The maximum absolute atomic E-state index is 13.0. The number of carbonyl (C=O) groups excluding carboxylic acids is 3. The highest BCUT2D eigenvalue weighted by molar-refractivity contribution is 5.98.